The maximum Gasteiger partial charge on any atom is 0.240 e. The maximum absolute atomic E-state index is 5.38. The number of fused-ring (bicyclic) bond motifs is 1. The third-order valence-corrected chi connectivity index (χ3v) is 3.52. The van der Waals surface area contributed by atoms with Gasteiger partial charge in [0.05, 0.1) is 5.39 Å². The lowest BCUT2D eigenvalue weighted by Gasteiger charge is -2.10. The Morgan fingerprint density at radius 1 is 1.41 bits per heavy atom. The molecule has 0 aliphatic heterocycles. The largest absolute Gasteiger partial charge is 0.367 e. The number of nitrogens with zero attached hydrogens (tertiary/aromatic N) is 2. The fourth-order valence-electron chi connectivity index (χ4n) is 1.59. The topological polar surface area (TPSA) is 75.9 Å². The number of hydrogen-bond donors (Lipinski definition) is 3. The molecule has 4 N–H and O–H groups in total. The molecule has 0 spiro atoms. The molecule has 2 heterocycles. The van der Waals surface area contributed by atoms with Gasteiger partial charge in [0.1, 0.15) is 10.6 Å². The number of rotatable bonds is 4. The maximum atomic E-state index is 5.38. The van der Waals surface area contributed by atoms with Gasteiger partial charge in [-0.3, -0.25) is 5.43 Å². The minimum absolute atomic E-state index is 0.323. The molecule has 0 atom stereocenters. The zero-order valence-corrected chi connectivity index (χ0v) is 11.1. The highest BCUT2D eigenvalue weighted by Gasteiger charge is 2.11. The van der Waals surface area contributed by atoms with Crippen molar-refractivity contribution in [1.29, 1.82) is 0 Å². The molecule has 5 nitrogen and oxygen atoms in total. The van der Waals surface area contributed by atoms with Crippen LogP contribution in [0.15, 0.2) is 6.07 Å². The molecule has 2 aromatic rings. The van der Waals surface area contributed by atoms with Crippen LogP contribution in [0.1, 0.15) is 25.6 Å². The molecule has 0 fully saturated rings. The fourth-order valence-corrected chi connectivity index (χ4v) is 2.56. The van der Waals surface area contributed by atoms with Gasteiger partial charge < -0.3 is 5.32 Å². The van der Waals surface area contributed by atoms with Crippen LogP contribution in [-0.4, -0.2) is 16.0 Å². The molecule has 6 heteroatoms. The molecule has 0 aliphatic rings. The number of aromatic nitrogens is 2. The normalized spacial score (nSPS) is 11.1. The zero-order chi connectivity index (χ0) is 12.4. The molecule has 17 heavy (non-hydrogen) atoms. The lowest BCUT2D eigenvalue weighted by Crippen LogP contribution is -2.15. The molecule has 0 radical (unpaired) electrons. The predicted molar refractivity (Wildman–Crippen MR) is 73.4 cm³/mol. The molecule has 0 bridgehead atoms. The van der Waals surface area contributed by atoms with E-state index in [4.69, 9.17) is 5.84 Å². The summed E-state index contributed by atoms with van der Waals surface area (Å²) in [6.45, 7) is 6.29. The number of anilines is 2. The monoisotopic (exact) mass is 251 g/mol. The van der Waals surface area contributed by atoms with Crippen LogP contribution in [0.2, 0.25) is 0 Å². The number of hydrazine groups is 1. The van der Waals surface area contributed by atoms with Crippen LogP contribution in [0.3, 0.4) is 0 Å². The van der Waals surface area contributed by atoms with Crippen LogP contribution in [-0.2, 0) is 6.42 Å². The van der Waals surface area contributed by atoms with Gasteiger partial charge in [0.25, 0.3) is 0 Å². The number of thiophene rings is 1. The summed E-state index contributed by atoms with van der Waals surface area (Å²) in [5.74, 6) is 6.67. The van der Waals surface area contributed by atoms with Crippen LogP contribution in [0.5, 0.6) is 0 Å². The van der Waals surface area contributed by atoms with E-state index < -0.39 is 0 Å². The number of aryl methyl sites for hydroxylation is 1. The summed E-state index contributed by atoms with van der Waals surface area (Å²) >= 11 is 1.68. The molecule has 2 rings (SSSR count). The Morgan fingerprint density at radius 3 is 2.76 bits per heavy atom. The summed E-state index contributed by atoms with van der Waals surface area (Å²) in [6, 6.07) is 2.47. The fraction of sp³-hybridized carbons (Fsp3) is 0.455. The Morgan fingerprint density at radius 2 is 2.18 bits per heavy atom. The smallest absolute Gasteiger partial charge is 0.240 e. The van der Waals surface area contributed by atoms with Gasteiger partial charge in [-0.25, -0.2) is 10.8 Å². The Balaban J connectivity index is 2.56. The summed E-state index contributed by atoms with van der Waals surface area (Å²) in [4.78, 5) is 11.0. The summed E-state index contributed by atoms with van der Waals surface area (Å²) in [7, 11) is 0. The van der Waals surface area contributed by atoms with Gasteiger partial charge >= 0.3 is 0 Å². The Hall–Kier alpha value is -1.40. The second-order valence-corrected chi connectivity index (χ2v) is 5.24. The van der Waals surface area contributed by atoms with Crippen molar-refractivity contribution >= 4 is 33.3 Å². The lowest BCUT2D eigenvalue weighted by molar-refractivity contribution is 0.890. The van der Waals surface area contributed by atoms with E-state index in [0.29, 0.717) is 12.0 Å². The standard InChI is InChI=1S/C11H17N5S/c1-4-7-5-8-9(13-6(2)3)14-11(16-12)15-10(8)17-7/h5-6H,4,12H2,1-3H3,(H2,13,14,15,16). The van der Waals surface area contributed by atoms with Gasteiger partial charge in [0.15, 0.2) is 0 Å². The van der Waals surface area contributed by atoms with E-state index >= 15 is 0 Å². The van der Waals surface area contributed by atoms with Gasteiger partial charge in [-0.15, -0.1) is 11.3 Å². The second kappa shape index (κ2) is 4.85. The Labute approximate surface area is 104 Å². The van der Waals surface area contributed by atoms with Crippen LogP contribution >= 0.6 is 11.3 Å². The minimum Gasteiger partial charge on any atom is -0.367 e. The first-order valence-electron chi connectivity index (χ1n) is 5.67. The summed E-state index contributed by atoms with van der Waals surface area (Å²) in [5, 5.41) is 4.39. The van der Waals surface area contributed by atoms with E-state index in [2.05, 4.69) is 47.5 Å². The Bertz CT molecular complexity index is 520. The SMILES string of the molecule is CCc1cc2c(NC(C)C)nc(NN)nc2s1. The van der Waals surface area contributed by atoms with Crippen molar-refractivity contribution in [3.63, 3.8) is 0 Å². The van der Waals surface area contributed by atoms with Crippen molar-refractivity contribution < 1.29 is 0 Å². The summed E-state index contributed by atoms with van der Waals surface area (Å²) in [6.07, 6.45) is 1.01. The third-order valence-electron chi connectivity index (χ3n) is 2.35. The van der Waals surface area contributed by atoms with E-state index in [0.717, 1.165) is 22.5 Å². The van der Waals surface area contributed by atoms with E-state index in [-0.39, 0.29) is 0 Å². The first kappa shape index (κ1) is 12.1. The zero-order valence-electron chi connectivity index (χ0n) is 10.2. The molecular formula is C11H17N5S. The van der Waals surface area contributed by atoms with Crippen molar-refractivity contribution in [2.75, 3.05) is 10.7 Å². The van der Waals surface area contributed by atoms with Gasteiger partial charge in [-0.2, -0.15) is 4.98 Å². The summed E-state index contributed by atoms with van der Waals surface area (Å²) < 4.78 is 0. The molecule has 0 saturated carbocycles. The van der Waals surface area contributed by atoms with Crippen molar-refractivity contribution in [3.05, 3.63) is 10.9 Å². The van der Waals surface area contributed by atoms with Crippen molar-refractivity contribution in [2.24, 2.45) is 5.84 Å². The third kappa shape index (κ3) is 2.48. The van der Waals surface area contributed by atoms with Gasteiger partial charge in [0, 0.05) is 10.9 Å². The van der Waals surface area contributed by atoms with Crippen LogP contribution < -0.4 is 16.6 Å². The minimum atomic E-state index is 0.323. The van der Waals surface area contributed by atoms with Crippen molar-refractivity contribution in [1.82, 2.24) is 9.97 Å². The van der Waals surface area contributed by atoms with E-state index in [9.17, 15) is 0 Å². The highest BCUT2D eigenvalue weighted by molar-refractivity contribution is 7.18. The molecule has 92 valence electrons. The first-order valence-corrected chi connectivity index (χ1v) is 6.49. The van der Waals surface area contributed by atoms with Crippen LogP contribution in [0, 0.1) is 0 Å². The number of hydrogen-bond acceptors (Lipinski definition) is 6. The van der Waals surface area contributed by atoms with Crippen molar-refractivity contribution in [3.8, 4) is 0 Å². The molecule has 0 aliphatic carbocycles. The molecular weight excluding hydrogens is 234 g/mol. The van der Waals surface area contributed by atoms with Crippen molar-refractivity contribution in [2.45, 2.75) is 33.2 Å². The quantitative estimate of drug-likeness (QED) is 0.574. The average molecular weight is 251 g/mol. The second-order valence-electron chi connectivity index (χ2n) is 4.12. The molecule has 0 saturated heterocycles. The van der Waals surface area contributed by atoms with Crippen LogP contribution in [0.25, 0.3) is 10.2 Å². The van der Waals surface area contributed by atoms with E-state index in [1.807, 2.05) is 0 Å². The van der Waals surface area contributed by atoms with Crippen LogP contribution in [0.4, 0.5) is 11.8 Å². The van der Waals surface area contributed by atoms with E-state index in [1.165, 1.54) is 4.88 Å². The highest BCUT2D eigenvalue weighted by Crippen LogP contribution is 2.30. The van der Waals surface area contributed by atoms with E-state index in [1.54, 1.807) is 11.3 Å². The van der Waals surface area contributed by atoms with Gasteiger partial charge in [-0.05, 0) is 26.3 Å². The molecule has 0 unspecified atom stereocenters. The molecule has 0 amide bonds. The molecule has 2 aromatic heterocycles. The average Bonchev–Trinajstić information content (AvgIpc) is 2.71. The molecule has 0 aromatic carbocycles. The van der Waals surface area contributed by atoms with Gasteiger partial charge in [0.2, 0.25) is 5.95 Å². The Kier molecular flexibility index (Phi) is 3.44. The number of nitrogen functional groups attached to an aromatic ring is 1. The predicted octanol–water partition coefficient (Wildman–Crippen LogP) is 2.36. The number of nitrogens with two attached hydrogens (primary N) is 1. The first-order chi connectivity index (χ1) is 8.13. The summed E-state index contributed by atoms with van der Waals surface area (Å²) in [5.41, 5.74) is 2.50. The van der Waals surface area contributed by atoms with Gasteiger partial charge in [-0.1, -0.05) is 6.92 Å². The highest BCUT2D eigenvalue weighted by atomic mass is 32.1. The number of nitrogens with one attached hydrogen (secondary N) is 2. The lowest BCUT2D eigenvalue weighted by atomic mass is 10.3.